The van der Waals surface area contributed by atoms with Gasteiger partial charge in [0.1, 0.15) is 0 Å². The van der Waals surface area contributed by atoms with E-state index in [1.165, 1.54) is 0 Å². The van der Waals surface area contributed by atoms with Crippen LogP contribution in [0, 0.1) is 6.92 Å². The molecule has 0 bridgehead atoms. The van der Waals surface area contributed by atoms with E-state index in [2.05, 4.69) is 15.5 Å². The maximum Gasteiger partial charge on any atom is 0.359 e. The predicted octanol–water partition coefficient (Wildman–Crippen LogP) is 2.59. The highest BCUT2D eigenvalue weighted by atomic mass is 16.5. The quantitative estimate of drug-likeness (QED) is 0.677. The topological polar surface area (TPSA) is 101 Å². The fraction of sp³-hybridized carbons (Fsp3) is 0.200. The monoisotopic (exact) mass is 365 g/mol. The minimum Gasteiger partial charge on any atom is -0.451 e. The zero-order valence-electron chi connectivity index (χ0n) is 15.0. The molecule has 7 nitrogen and oxygen atoms in total. The second-order valence-corrected chi connectivity index (χ2v) is 6.03. The molecule has 138 valence electrons. The second-order valence-electron chi connectivity index (χ2n) is 6.03. The molecule has 2 N–H and O–H groups in total. The van der Waals surface area contributed by atoms with Gasteiger partial charge in [0.15, 0.2) is 12.3 Å². The molecule has 0 aliphatic heterocycles. The number of hydrogen-bond donors (Lipinski definition) is 2. The maximum atomic E-state index is 12.3. The Kier molecular flexibility index (Phi) is 5.30. The summed E-state index contributed by atoms with van der Waals surface area (Å²) in [6, 6.07) is 12.3. The molecule has 0 spiro atoms. The minimum absolute atomic E-state index is 0.0388. The number of nitrogens with zero attached hydrogens (tertiary/aromatic N) is 1. The third-order valence-corrected chi connectivity index (χ3v) is 4.23. The van der Waals surface area contributed by atoms with E-state index in [4.69, 9.17) is 4.74 Å². The molecule has 0 saturated heterocycles. The molecule has 0 radical (unpaired) electrons. The van der Waals surface area contributed by atoms with Crippen molar-refractivity contribution in [2.75, 3.05) is 11.9 Å². The van der Waals surface area contributed by atoms with E-state index in [1.54, 1.807) is 24.3 Å². The first kappa shape index (κ1) is 18.3. The van der Waals surface area contributed by atoms with Crippen LogP contribution in [0.3, 0.4) is 0 Å². The number of carbonyl (C=O) groups is 2. The van der Waals surface area contributed by atoms with Gasteiger partial charge in [0.25, 0.3) is 11.5 Å². The smallest absolute Gasteiger partial charge is 0.359 e. The Morgan fingerprint density at radius 1 is 1.11 bits per heavy atom. The van der Waals surface area contributed by atoms with Gasteiger partial charge in [0, 0.05) is 11.1 Å². The van der Waals surface area contributed by atoms with Gasteiger partial charge in [0.05, 0.1) is 5.39 Å². The van der Waals surface area contributed by atoms with Gasteiger partial charge in [-0.15, -0.1) is 0 Å². The summed E-state index contributed by atoms with van der Waals surface area (Å²) in [5, 5.41) is 9.53. The number of carbonyl (C=O) groups excluding carboxylic acids is 2. The summed E-state index contributed by atoms with van der Waals surface area (Å²) in [7, 11) is 0. The Balaban J connectivity index is 1.73. The number of fused-ring (bicyclic) bond motifs is 1. The van der Waals surface area contributed by atoms with Crippen molar-refractivity contribution >= 4 is 28.3 Å². The summed E-state index contributed by atoms with van der Waals surface area (Å²) < 4.78 is 5.09. The lowest BCUT2D eigenvalue weighted by Crippen LogP contribution is -2.23. The fourth-order valence-corrected chi connectivity index (χ4v) is 2.85. The van der Waals surface area contributed by atoms with Crippen molar-refractivity contribution in [1.29, 1.82) is 0 Å². The molecule has 7 heteroatoms. The van der Waals surface area contributed by atoms with Crippen LogP contribution in [0.15, 0.2) is 47.3 Å². The normalized spacial score (nSPS) is 10.6. The van der Waals surface area contributed by atoms with Gasteiger partial charge in [0.2, 0.25) is 0 Å². The molecule has 0 aliphatic rings. The summed E-state index contributed by atoms with van der Waals surface area (Å²) >= 11 is 0. The van der Waals surface area contributed by atoms with Crippen LogP contribution in [0.4, 0.5) is 5.69 Å². The molecule has 1 aromatic heterocycles. The van der Waals surface area contributed by atoms with Crippen molar-refractivity contribution in [3.63, 3.8) is 0 Å². The van der Waals surface area contributed by atoms with Crippen LogP contribution in [0.1, 0.15) is 28.5 Å². The highest BCUT2D eigenvalue weighted by Crippen LogP contribution is 2.21. The second kappa shape index (κ2) is 7.82. The SMILES string of the molecule is CCc1cccc(C)c1NC(=O)COC(=O)c1n[nH]c(=O)c2ccccc12. The number of aromatic nitrogens is 2. The maximum absolute atomic E-state index is 12.3. The number of aromatic amines is 1. The molecule has 1 heterocycles. The minimum atomic E-state index is -0.780. The van der Waals surface area contributed by atoms with E-state index >= 15 is 0 Å². The number of amides is 1. The van der Waals surface area contributed by atoms with Crippen molar-refractivity contribution in [1.82, 2.24) is 10.2 Å². The molecule has 0 atom stereocenters. The molecule has 3 aromatic rings. The van der Waals surface area contributed by atoms with Gasteiger partial charge in [-0.2, -0.15) is 5.10 Å². The summed E-state index contributed by atoms with van der Waals surface area (Å²) in [6.07, 6.45) is 0.768. The Hall–Kier alpha value is -3.48. The Morgan fingerprint density at radius 2 is 1.85 bits per heavy atom. The van der Waals surface area contributed by atoms with Crippen LogP contribution in [0.2, 0.25) is 0 Å². The molecular formula is C20H19N3O4. The standard InChI is InChI=1S/C20H19N3O4/c1-3-13-8-6-7-12(2)17(13)21-16(24)11-27-20(26)18-14-9-4-5-10-15(14)19(25)23-22-18/h4-10H,3,11H2,1-2H3,(H,21,24)(H,23,25). The zero-order chi connectivity index (χ0) is 19.4. The van der Waals surface area contributed by atoms with Gasteiger partial charge >= 0.3 is 5.97 Å². The Bertz CT molecular complexity index is 1070. The molecule has 27 heavy (non-hydrogen) atoms. The van der Waals surface area contributed by atoms with Crippen LogP contribution in [-0.4, -0.2) is 28.7 Å². The van der Waals surface area contributed by atoms with Crippen molar-refractivity contribution < 1.29 is 14.3 Å². The first-order valence-corrected chi connectivity index (χ1v) is 8.54. The lowest BCUT2D eigenvalue weighted by molar-refractivity contribution is -0.119. The van der Waals surface area contributed by atoms with Gasteiger partial charge in [-0.1, -0.05) is 43.3 Å². The molecule has 2 aromatic carbocycles. The van der Waals surface area contributed by atoms with Gasteiger partial charge in [-0.3, -0.25) is 9.59 Å². The van der Waals surface area contributed by atoms with E-state index in [1.807, 2.05) is 32.0 Å². The number of esters is 1. The number of benzene rings is 2. The summed E-state index contributed by atoms with van der Waals surface area (Å²) in [5.41, 5.74) is 2.23. The number of rotatable bonds is 5. The van der Waals surface area contributed by atoms with Crippen molar-refractivity contribution in [3.8, 4) is 0 Å². The first-order chi connectivity index (χ1) is 13.0. The van der Waals surface area contributed by atoms with Crippen LogP contribution in [0.25, 0.3) is 10.8 Å². The van der Waals surface area contributed by atoms with Crippen LogP contribution < -0.4 is 10.9 Å². The largest absolute Gasteiger partial charge is 0.451 e. The predicted molar refractivity (Wildman–Crippen MR) is 102 cm³/mol. The van der Waals surface area contributed by atoms with Gasteiger partial charge < -0.3 is 10.1 Å². The molecule has 0 saturated carbocycles. The van der Waals surface area contributed by atoms with Crippen LogP contribution >= 0.6 is 0 Å². The van der Waals surface area contributed by atoms with Crippen molar-refractivity contribution in [2.45, 2.75) is 20.3 Å². The van der Waals surface area contributed by atoms with E-state index in [0.29, 0.717) is 10.8 Å². The fourth-order valence-electron chi connectivity index (χ4n) is 2.85. The number of hydrogen-bond acceptors (Lipinski definition) is 5. The van der Waals surface area contributed by atoms with E-state index < -0.39 is 24.0 Å². The molecular weight excluding hydrogens is 346 g/mol. The number of para-hydroxylation sites is 1. The van der Waals surface area contributed by atoms with Crippen LogP contribution in [-0.2, 0) is 16.0 Å². The number of anilines is 1. The van der Waals surface area contributed by atoms with E-state index in [9.17, 15) is 14.4 Å². The summed E-state index contributed by atoms with van der Waals surface area (Å²) in [5.74, 6) is -1.22. The number of ether oxygens (including phenoxy) is 1. The number of aryl methyl sites for hydroxylation is 2. The molecule has 0 fully saturated rings. The third kappa shape index (κ3) is 3.87. The molecule has 0 unspecified atom stereocenters. The number of nitrogens with one attached hydrogen (secondary N) is 2. The average molecular weight is 365 g/mol. The van der Waals surface area contributed by atoms with Crippen molar-refractivity contribution in [3.05, 3.63) is 69.6 Å². The molecule has 3 rings (SSSR count). The van der Waals surface area contributed by atoms with Gasteiger partial charge in [-0.05, 0) is 30.5 Å². The average Bonchev–Trinajstić information content (AvgIpc) is 2.68. The van der Waals surface area contributed by atoms with Crippen molar-refractivity contribution in [2.24, 2.45) is 0 Å². The first-order valence-electron chi connectivity index (χ1n) is 8.54. The Morgan fingerprint density at radius 3 is 2.59 bits per heavy atom. The lowest BCUT2D eigenvalue weighted by atomic mass is 10.1. The Labute approximate surface area is 155 Å². The summed E-state index contributed by atoms with van der Waals surface area (Å²) in [6.45, 7) is 3.44. The highest BCUT2D eigenvalue weighted by Gasteiger charge is 2.17. The summed E-state index contributed by atoms with van der Waals surface area (Å²) in [4.78, 5) is 36.3. The van der Waals surface area contributed by atoms with E-state index in [0.717, 1.165) is 23.2 Å². The molecule has 1 amide bonds. The highest BCUT2D eigenvalue weighted by molar-refractivity contribution is 6.03. The zero-order valence-corrected chi connectivity index (χ0v) is 15.0. The molecule has 0 aliphatic carbocycles. The van der Waals surface area contributed by atoms with Gasteiger partial charge in [-0.25, -0.2) is 9.89 Å². The van der Waals surface area contributed by atoms with Crippen LogP contribution in [0.5, 0.6) is 0 Å². The number of H-pyrrole nitrogens is 1. The lowest BCUT2D eigenvalue weighted by Gasteiger charge is -2.13. The van der Waals surface area contributed by atoms with E-state index in [-0.39, 0.29) is 5.69 Å². The third-order valence-electron chi connectivity index (χ3n) is 4.23.